The van der Waals surface area contributed by atoms with Crippen molar-refractivity contribution in [1.29, 1.82) is 0 Å². The standard InChI is InChI=1S/C17H25NO3S/c1-4-5-6-7-9-14-10-8-11-15(17(14)22(3)21)12-13-16(19)18(2)20/h8,10-13,20H,4-7,9H2,1-3H3. The molecule has 0 bridgehead atoms. The van der Waals surface area contributed by atoms with Gasteiger partial charge in [-0.05, 0) is 30.0 Å². The first-order valence-electron chi connectivity index (χ1n) is 7.57. The molecule has 0 spiro atoms. The number of nitrogens with zero attached hydrogens (tertiary/aromatic N) is 1. The maximum absolute atomic E-state index is 12.1. The molecule has 5 heteroatoms. The summed E-state index contributed by atoms with van der Waals surface area (Å²) in [5, 5.41) is 9.59. The number of amides is 1. The Morgan fingerprint density at radius 2 is 2.05 bits per heavy atom. The number of unbranched alkanes of at least 4 members (excludes halogenated alkanes) is 3. The molecule has 1 N–H and O–H groups in total. The highest BCUT2D eigenvalue weighted by atomic mass is 32.2. The molecule has 0 aliphatic carbocycles. The van der Waals surface area contributed by atoms with Crippen LogP contribution in [0.1, 0.15) is 43.7 Å². The fourth-order valence-corrected chi connectivity index (χ4v) is 3.30. The van der Waals surface area contributed by atoms with E-state index >= 15 is 0 Å². The largest absolute Gasteiger partial charge is 0.286 e. The summed E-state index contributed by atoms with van der Waals surface area (Å²) in [6.07, 6.45) is 10.1. The van der Waals surface area contributed by atoms with Crippen molar-refractivity contribution in [2.75, 3.05) is 13.3 Å². The number of aryl methyl sites for hydroxylation is 1. The van der Waals surface area contributed by atoms with E-state index < -0.39 is 16.7 Å². The third-order valence-corrected chi connectivity index (χ3v) is 4.51. The Morgan fingerprint density at radius 1 is 1.32 bits per heavy atom. The molecule has 1 aromatic rings. The average molecular weight is 323 g/mol. The van der Waals surface area contributed by atoms with Crippen LogP contribution in [0.5, 0.6) is 0 Å². The first-order valence-corrected chi connectivity index (χ1v) is 9.13. The topological polar surface area (TPSA) is 57.6 Å². The van der Waals surface area contributed by atoms with Gasteiger partial charge in [-0.15, -0.1) is 0 Å². The summed E-state index contributed by atoms with van der Waals surface area (Å²) in [5.41, 5.74) is 1.84. The van der Waals surface area contributed by atoms with Crippen molar-refractivity contribution in [2.24, 2.45) is 0 Å². The second-order valence-corrected chi connectivity index (χ2v) is 6.61. The van der Waals surface area contributed by atoms with Crippen molar-refractivity contribution in [2.45, 2.75) is 43.9 Å². The van der Waals surface area contributed by atoms with Crippen molar-refractivity contribution in [3.05, 3.63) is 35.4 Å². The van der Waals surface area contributed by atoms with E-state index in [1.165, 1.54) is 32.4 Å². The molecule has 0 saturated heterocycles. The summed E-state index contributed by atoms with van der Waals surface area (Å²) in [6.45, 7) is 2.17. The fourth-order valence-electron chi connectivity index (χ4n) is 2.29. The maximum atomic E-state index is 12.1. The van der Waals surface area contributed by atoms with E-state index in [-0.39, 0.29) is 0 Å². The van der Waals surface area contributed by atoms with E-state index in [1.807, 2.05) is 18.2 Å². The van der Waals surface area contributed by atoms with Gasteiger partial charge in [0.2, 0.25) is 0 Å². The molecule has 0 fully saturated rings. The van der Waals surface area contributed by atoms with Crippen LogP contribution >= 0.6 is 0 Å². The lowest BCUT2D eigenvalue weighted by Gasteiger charge is -2.11. The van der Waals surface area contributed by atoms with Gasteiger partial charge in [0.15, 0.2) is 0 Å². The van der Waals surface area contributed by atoms with E-state index in [1.54, 1.807) is 12.3 Å². The quantitative estimate of drug-likeness (QED) is 0.345. The van der Waals surface area contributed by atoms with Gasteiger partial charge in [-0.25, -0.2) is 5.06 Å². The van der Waals surface area contributed by atoms with Crippen molar-refractivity contribution in [3.8, 4) is 0 Å². The summed E-state index contributed by atoms with van der Waals surface area (Å²) >= 11 is 0. The zero-order valence-electron chi connectivity index (χ0n) is 13.5. The van der Waals surface area contributed by atoms with Crippen LogP contribution in [-0.2, 0) is 22.0 Å². The highest BCUT2D eigenvalue weighted by molar-refractivity contribution is 7.84. The predicted molar refractivity (Wildman–Crippen MR) is 90.2 cm³/mol. The number of likely N-dealkylation sites (N-methyl/N-ethyl adjacent to an activating group) is 1. The monoisotopic (exact) mass is 323 g/mol. The molecule has 1 unspecified atom stereocenters. The van der Waals surface area contributed by atoms with Gasteiger partial charge < -0.3 is 0 Å². The van der Waals surface area contributed by atoms with Gasteiger partial charge in [-0.2, -0.15) is 0 Å². The number of carbonyl (C=O) groups is 1. The molecule has 122 valence electrons. The number of hydrogen-bond acceptors (Lipinski definition) is 3. The predicted octanol–water partition coefficient (Wildman–Crippen LogP) is 3.41. The second kappa shape index (κ2) is 9.54. The number of carbonyl (C=O) groups excluding carboxylic acids is 1. The summed E-state index contributed by atoms with van der Waals surface area (Å²) < 4.78 is 12.1. The smallest absolute Gasteiger partial charge is 0.269 e. The lowest BCUT2D eigenvalue weighted by Crippen LogP contribution is -2.19. The molecule has 4 nitrogen and oxygen atoms in total. The Kier molecular flexibility index (Phi) is 8.06. The van der Waals surface area contributed by atoms with Crippen molar-refractivity contribution in [1.82, 2.24) is 5.06 Å². The molecule has 22 heavy (non-hydrogen) atoms. The van der Waals surface area contributed by atoms with Crippen molar-refractivity contribution >= 4 is 22.8 Å². The molecule has 0 aliphatic heterocycles. The van der Waals surface area contributed by atoms with Crippen LogP contribution in [-0.4, -0.2) is 33.7 Å². The minimum Gasteiger partial charge on any atom is -0.286 e. The van der Waals surface area contributed by atoms with Crippen molar-refractivity contribution in [3.63, 3.8) is 0 Å². The summed E-state index contributed by atoms with van der Waals surface area (Å²) in [4.78, 5) is 12.2. The van der Waals surface area contributed by atoms with Gasteiger partial charge in [0.05, 0.1) is 10.8 Å². The highest BCUT2D eigenvalue weighted by Crippen LogP contribution is 2.22. The second-order valence-electron chi connectivity index (χ2n) is 5.30. The third-order valence-electron chi connectivity index (χ3n) is 3.44. The first kappa shape index (κ1) is 18.6. The molecule has 0 aliphatic rings. The number of benzene rings is 1. The summed E-state index contributed by atoms with van der Waals surface area (Å²) in [7, 11) is 0.150. The third kappa shape index (κ3) is 5.73. The molecule has 0 saturated carbocycles. The minimum absolute atomic E-state index is 0.513. The normalized spacial score (nSPS) is 12.5. The van der Waals surface area contributed by atoms with E-state index in [2.05, 4.69) is 6.92 Å². The molecule has 1 rings (SSSR count). The van der Waals surface area contributed by atoms with Crippen LogP contribution in [0.3, 0.4) is 0 Å². The number of hydroxylamine groups is 2. The van der Waals surface area contributed by atoms with Gasteiger partial charge in [0.1, 0.15) is 0 Å². The van der Waals surface area contributed by atoms with Gasteiger partial charge >= 0.3 is 0 Å². The average Bonchev–Trinajstić information content (AvgIpc) is 2.48. The Bertz CT molecular complexity index is 553. The number of rotatable bonds is 8. The maximum Gasteiger partial charge on any atom is 0.269 e. The van der Waals surface area contributed by atoms with Crippen LogP contribution < -0.4 is 0 Å². The Morgan fingerprint density at radius 3 is 2.64 bits per heavy atom. The summed E-state index contributed by atoms with van der Waals surface area (Å²) in [6, 6.07) is 5.76. The molecule has 1 aromatic carbocycles. The SMILES string of the molecule is CCCCCCc1cccc(C=CC(=O)N(C)O)c1S(C)=O. The zero-order chi connectivity index (χ0) is 16.5. The summed E-state index contributed by atoms with van der Waals surface area (Å²) in [5.74, 6) is -0.513. The van der Waals surface area contributed by atoms with Gasteiger partial charge in [0, 0.05) is 24.3 Å². The van der Waals surface area contributed by atoms with Crippen molar-refractivity contribution < 1.29 is 14.2 Å². The van der Waals surface area contributed by atoms with Gasteiger partial charge in [-0.1, -0.05) is 44.4 Å². The Balaban J connectivity index is 2.98. The lowest BCUT2D eigenvalue weighted by atomic mass is 10.0. The molecule has 0 aromatic heterocycles. The van der Waals surface area contributed by atoms with Crippen LogP contribution in [0.4, 0.5) is 0 Å². The van der Waals surface area contributed by atoms with Crippen LogP contribution in [0, 0.1) is 0 Å². The van der Waals surface area contributed by atoms with E-state index in [0.717, 1.165) is 28.9 Å². The van der Waals surface area contributed by atoms with Crippen LogP contribution in [0.2, 0.25) is 0 Å². The lowest BCUT2D eigenvalue weighted by molar-refractivity contribution is -0.153. The van der Waals surface area contributed by atoms with E-state index in [9.17, 15) is 9.00 Å². The zero-order valence-corrected chi connectivity index (χ0v) is 14.4. The van der Waals surface area contributed by atoms with E-state index in [4.69, 9.17) is 5.21 Å². The van der Waals surface area contributed by atoms with Crippen LogP contribution in [0.25, 0.3) is 6.08 Å². The Labute approximate surface area is 135 Å². The van der Waals surface area contributed by atoms with E-state index in [0.29, 0.717) is 5.06 Å². The molecule has 0 radical (unpaired) electrons. The first-order chi connectivity index (χ1) is 10.5. The molecular formula is C17H25NO3S. The van der Waals surface area contributed by atoms with Gasteiger partial charge in [-0.3, -0.25) is 14.2 Å². The minimum atomic E-state index is -1.12. The molecule has 1 amide bonds. The number of hydrogen-bond donors (Lipinski definition) is 1. The van der Waals surface area contributed by atoms with Crippen LogP contribution in [0.15, 0.2) is 29.2 Å². The molecular weight excluding hydrogens is 298 g/mol. The highest BCUT2D eigenvalue weighted by Gasteiger charge is 2.11. The fraction of sp³-hybridized carbons (Fsp3) is 0.471. The van der Waals surface area contributed by atoms with Gasteiger partial charge in [0.25, 0.3) is 5.91 Å². The molecule has 1 atom stereocenters. The molecule has 0 heterocycles. The Hall–Kier alpha value is -1.46.